The molecule has 0 unspecified atom stereocenters. The molecule has 1 heterocycles. The van der Waals surface area contributed by atoms with Gasteiger partial charge in [0.05, 0.1) is 13.2 Å². The first-order valence-electron chi connectivity index (χ1n) is 4.59. The van der Waals surface area contributed by atoms with E-state index in [1.807, 2.05) is 0 Å². The summed E-state index contributed by atoms with van der Waals surface area (Å²) < 4.78 is 5.29. The molecule has 2 rings (SSSR count). The molecule has 11 heavy (non-hydrogen) atoms. The molecule has 64 valence electrons. The Balaban J connectivity index is 1.76. The third kappa shape index (κ3) is 1.94. The van der Waals surface area contributed by atoms with Gasteiger partial charge in [0.2, 0.25) is 0 Å². The van der Waals surface area contributed by atoms with Crippen molar-refractivity contribution in [3.63, 3.8) is 0 Å². The smallest absolute Gasteiger partial charge is 0.0594 e. The fourth-order valence-corrected chi connectivity index (χ4v) is 1.67. The highest BCUT2D eigenvalue weighted by Crippen LogP contribution is 2.45. The maximum atomic E-state index is 5.29. The van der Waals surface area contributed by atoms with Gasteiger partial charge in [-0.1, -0.05) is 6.92 Å². The molecule has 2 heteroatoms. The molecule has 0 aromatic heterocycles. The lowest BCUT2D eigenvalue weighted by Gasteiger charge is -2.28. The van der Waals surface area contributed by atoms with E-state index in [0.29, 0.717) is 5.41 Å². The molecule has 0 amide bonds. The molecule has 0 atom stereocenters. The van der Waals surface area contributed by atoms with E-state index in [-0.39, 0.29) is 0 Å². The van der Waals surface area contributed by atoms with Gasteiger partial charge in [-0.15, -0.1) is 0 Å². The van der Waals surface area contributed by atoms with Gasteiger partial charge in [-0.2, -0.15) is 0 Å². The third-order valence-electron chi connectivity index (χ3n) is 2.81. The Kier molecular flexibility index (Phi) is 1.90. The molecule has 1 saturated heterocycles. The van der Waals surface area contributed by atoms with Crippen molar-refractivity contribution in [3.05, 3.63) is 0 Å². The van der Waals surface area contributed by atoms with Crippen molar-refractivity contribution in [1.29, 1.82) is 0 Å². The lowest BCUT2D eigenvalue weighted by atomic mass is 10.1. The number of hydrogen-bond donors (Lipinski definition) is 0. The maximum absolute atomic E-state index is 5.29. The van der Waals surface area contributed by atoms with Crippen LogP contribution in [0.25, 0.3) is 0 Å². The summed E-state index contributed by atoms with van der Waals surface area (Å²) in [5.41, 5.74) is 0.678. The fourth-order valence-electron chi connectivity index (χ4n) is 1.67. The second-order valence-electron chi connectivity index (χ2n) is 4.20. The molecule has 0 N–H and O–H groups in total. The Morgan fingerprint density at radius 2 is 1.91 bits per heavy atom. The lowest BCUT2D eigenvalue weighted by molar-refractivity contribution is 0.0298. The zero-order valence-electron chi connectivity index (χ0n) is 7.31. The quantitative estimate of drug-likeness (QED) is 0.592. The van der Waals surface area contributed by atoms with Gasteiger partial charge in [0.15, 0.2) is 0 Å². The van der Waals surface area contributed by atoms with Gasteiger partial charge in [0, 0.05) is 19.6 Å². The van der Waals surface area contributed by atoms with Crippen LogP contribution in [-0.4, -0.2) is 37.7 Å². The molecule has 2 aliphatic rings. The SMILES string of the molecule is CC1(CN2CCOCC2)CC1. The molecule has 0 radical (unpaired) electrons. The Morgan fingerprint density at radius 1 is 1.27 bits per heavy atom. The van der Waals surface area contributed by atoms with Crippen molar-refractivity contribution >= 4 is 0 Å². The molecule has 2 nitrogen and oxygen atoms in total. The molecule has 1 saturated carbocycles. The average Bonchev–Trinajstić information content (AvgIpc) is 2.70. The minimum absolute atomic E-state index is 0.678. The van der Waals surface area contributed by atoms with E-state index in [4.69, 9.17) is 4.74 Å². The lowest BCUT2D eigenvalue weighted by Crippen LogP contribution is -2.39. The van der Waals surface area contributed by atoms with Crippen molar-refractivity contribution in [1.82, 2.24) is 4.90 Å². The number of ether oxygens (including phenoxy) is 1. The average molecular weight is 155 g/mol. The van der Waals surface area contributed by atoms with Gasteiger partial charge >= 0.3 is 0 Å². The normalized spacial score (nSPS) is 30.3. The molecular formula is C9H17NO. The first-order valence-corrected chi connectivity index (χ1v) is 4.59. The third-order valence-corrected chi connectivity index (χ3v) is 2.81. The minimum Gasteiger partial charge on any atom is -0.379 e. The Labute approximate surface area is 68.5 Å². The van der Waals surface area contributed by atoms with Gasteiger partial charge in [-0.25, -0.2) is 0 Å². The predicted octanol–water partition coefficient (Wildman–Crippen LogP) is 1.12. The minimum atomic E-state index is 0.678. The van der Waals surface area contributed by atoms with Crippen molar-refractivity contribution < 1.29 is 4.74 Å². The van der Waals surface area contributed by atoms with Crippen LogP contribution in [0.2, 0.25) is 0 Å². The Bertz CT molecular complexity index is 136. The summed E-state index contributed by atoms with van der Waals surface area (Å²) in [6.45, 7) is 7.87. The van der Waals surface area contributed by atoms with E-state index in [9.17, 15) is 0 Å². The maximum Gasteiger partial charge on any atom is 0.0594 e. The van der Waals surface area contributed by atoms with Crippen LogP contribution >= 0.6 is 0 Å². The molecule has 2 fully saturated rings. The predicted molar refractivity (Wildman–Crippen MR) is 44.6 cm³/mol. The van der Waals surface area contributed by atoms with Crippen LogP contribution in [0.1, 0.15) is 19.8 Å². The van der Waals surface area contributed by atoms with E-state index in [1.165, 1.54) is 19.4 Å². The van der Waals surface area contributed by atoms with E-state index < -0.39 is 0 Å². The molecule has 0 bridgehead atoms. The van der Waals surface area contributed by atoms with Gasteiger partial charge < -0.3 is 4.74 Å². The van der Waals surface area contributed by atoms with Crippen LogP contribution in [0.5, 0.6) is 0 Å². The summed E-state index contributed by atoms with van der Waals surface area (Å²) in [4.78, 5) is 2.54. The monoisotopic (exact) mass is 155 g/mol. The fraction of sp³-hybridized carbons (Fsp3) is 1.00. The first kappa shape index (κ1) is 7.56. The summed E-state index contributed by atoms with van der Waals surface area (Å²) in [6.07, 6.45) is 2.87. The second kappa shape index (κ2) is 2.76. The first-order chi connectivity index (χ1) is 5.29. The van der Waals surface area contributed by atoms with Crippen molar-refractivity contribution in [2.24, 2.45) is 5.41 Å². The zero-order chi connectivity index (χ0) is 7.73. The van der Waals surface area contributed by atoms with E-state index in [2.05, 4.69) is 11.8 Å². The number of rotatable bonds is 2. The highest BCUT2D eigenvalue weighted by atomic mass is 16.5. The van der Waals surface area contributed by atoms with Crippen molar-refractivity contribution in [3.8, 4) is 0 Å². The van der Waals surface area contributed by atoms with E-state index in [1.54, 1.807) is 0 Å². The molecule has 0 aromatic carbocycles. The van der Waals surface area contributed by atoms with Crippen molar-refractivity contribution in [2.45, 2.75) is 19.8 Å². The van der Waals surface area contributed by atoms with E-state index in [0.717, 1.165) is 26.3 Å². The Morgan fingerprint density at radius 3 is 2.45 bits per heavy atom. The molecule has 1 aliphatic carbocycles. The summed E-state index contributed by atoms with van der Waals surface area (Å²) >= 11 is 0. The van der Waals surface area contributed by atoms with Crippen molar-refractivity contribution in [2.75, 3.05) is 32.8 Å². The van der Waals surface area contributed by atoms with Gasteiger partial charge in [0.1, 0.15) is 0 Å². The van der Waals surface area contributed by atoms with E-state index >= 15 is 0 Å². The number of hydrogen-bond acceptors (Lipinski definition) is 2. The molecule has 1 aliphatic heterocycles. The van der Waals surface area contributed by atoms with Crippen LogP contribution in [0.4, 0.5) is 0 Å². The van der Waals surface area contributed by atoms with Crippen LogP contribution in [0.3, 0.4) is 0 Å². The topological polar surface area (TPSA) is 12.5 Å². The summed E-state index contributed by atoms with van der Waals surface area (Å²) in [6, 6.07) is 0. The highest BCUT2D eigenvalue weighted by molar-refractivity contribution is 4.91. The van der Waals surface area contributed by atoms with Crippen LogP contribution in [0.15, 0.2) is 0 Å². The summed E-state index contributed by atoms with van der Waals surface area (Å²) in [7, 11) is 0. The van der Waals surface area contributed by atoms with Crippen LogP contribution < -0.4 is 0 Å². The largest absolute Gasteiger partial charge is 0.379 e. The summed E-state index contributed by atoms with van der Waals surface area (Å²) in [5, 5.41) is 0. The summed E-state index contributed by atoms with van der Waals surface area (Å²) in [5.74, 6) is 0. The molecular weight excluding hydrogens is 138 g/mol. The van der Waals surface area contributed by atoms with Gasteiger partial charge in [-0.3, -0.25) is 4.90 Å². The number of morpholine rings is 1. The van der Waals surface area contributed by atoms with Crippen LogP contribution in [-0.2, 0) is 4.74 Å². The highest BCUT2D eigenvalue weighted by Gasteiger charge is 2.38. The van der Waals surface area contributed by atoms with Crippen LogP contribution in [0, 0.1) is 5.41 Å². The number of nitrogens with zero attached hydrogens (tertiary/aromatic N) is 1. The van der Waals surface area contributed by atoms with Gasteiger partial charge in [-0.05, 0) is 18.3 Å². The molecule has 0 aromatic rings. The standard InChI is InChI=1S/C9H17NO/c1-9(2-3-9)8-10-4-6-11-7-5-10/h2-8H2,1H3. The zero-order valence-corrected chi connectivity index (χ0v) is 7.31. The second-order valence-corrected chi connectivity index (χ2v) is 4.20. The molecule has 0 spiro atoms. The van der Waals surface area contributed by atoms with Gasteiger partial charge in [0.25, 0.3) is 0 Å². The Hall–Kier alpha value is -0.0800.